The van der Waals surface area contributed by atoms with Gasteiger partial charge in [0, 0.05) is 18.7 Å². The van der Waals surface area contributed by atoms with E-state index in [9.17, 15) is 9.90 Å². The van der Waals surface area contributed by atoms with Crippen molar-refractivity contribution in [2.75, 3.05) is 14.2 Å². The maximum Gasteiger partial charge on any atom is 0.258 e. The second-order valence-corrected chi connectivity index (χ2v) is 5.18. The van der Waals surface area contributed by atoms with Gasteiger partial charge < -0.3 is 19.1 Å². The topological polar surface area (TPSA) is 63.5 Å². The zero-order valence-corrected chi connectivity index (χ0v) is 13.1. The van der Waals surface area contributed by atoms with Crippen LogP contribution in [0.3, 0.4) is 0 Å². The van der Waals surface area contributed by atoms with Crippen LogP contribution in [-0.4, -0.2) is 18.8 Å². The molecule has 3 rings (SSSR count). The third kappa shape index (κ3) is 2.40. The Balaban J connectivity index is 2.31. The average Bonchev–Trinajstić information content (AvgIpc) is 2.60. The number of aryl methyl sites for hydroxylation is 1. The molecule has 0 bridgehead atoms. The molecule has 0 spiro atoms. The SMILES string of the molecule is COc1ccc(-c2c([O-])c3ccc(OC)cc3n(C)c2=O)cc1. The Hall–Kier alpha value is -2.95. The summed E-state index contributed by atoms with van der Waals surface area (Å²) in [5, 5.41) is 13.3. The number of rotatable bonds is 3. The third-order valence-electron chi connectivity index (χ3n) is 3.94. The molecular weight excluding hydrogens is 294 g/mol. The minimum atomic E-state index is -0.332. The van der Waals surface area contributed by atoms with E-state index >= 15 is 0 Å². The fraction of sp³-hybridized carbons (Fsp3) is 0.167. The number of pyridine rings is 1. The molecule has 0 amide bonds. The van der Waals surface area contributed by atoms with E-state index in [4.69, 9.17) is 9.47 Å². The molecule has 0 aliphatic carbocycles. The van der Waals surface area contributed by atoms with E-state index in [-0.39, 0.29) is 16.9 Å². The van der Waals surface area contributed by atoms with Gasteiger partial charge >= 0.3 is 0 Å². The predicted octanol–water partition coefficient (Wildman–Crippen LogP) is 2.30. The van der Waals surface area contributed by atoms with Crippen LogP contribution in [0.15, 0.2) is 47.3 Å². The lowest BCUT2D eigenvalue weighted by Gasteiger charge is -2.19. The number of hydrogen-bond donors (Lipinski definition) is 0. The molecule has 0 saturated heterocycles. The van der Waals surface area contributed by atoms with Crippen LogP contribution < -0.4 is 20.1 Å². The summed E-state index contributed by atoms with van der Waals surface area (Å²) >= 11 is 0. The van der Waals surface area contributed by atoms with Gasteiger partial charge in [-0.15, -0.1) is 0 Å². The molecule has 0 fully saturated rings. The smallest absolute Gasteiger partial charge is 0.258 e. The van der Waals surface area contributed by atoms with Crippen molar-refractivity contribution in [3.8, 4) is 28.4 Å². The van der Waals surface area contributed by atoms with Crippen molar-refractivity contribution >= 4 is 10.9 Å². The first-order chi connectivity index (χ1) is 11.1. The van der Waals surface area contributed by atoms with Gasteiger partial charge in [0.05, 0.1) is 19.7 Å². The predicted molar refractivity (Wildman–Crippen MR) is 87.2 cm³/mol. The molecule has 0 radical (unpaired) electrons. The second kappa shape index (κ2) is 5.68. The minimum Gasteiger partial charge on any atom is -0.871 e. The summed E-state index contributed by atoms with van der Waals surface area (Å²) in [5.41, 5.74) is 0.958. The molecule has 1 aromatic heterocycles. The van der Waals surface area contributed by atoms with E-state index in [0.717, 1.165) is 0 Å². The molecule has 2 aromatic carbocycles. The molecule has 0 atom stereocenters. The van der Waals surface area contributed by atoms with Crippen LogP contribution in [0.2, 0.25) is 0 Å². The first kappa shape index (κ1) is 15.0. The van der Waals surface area contributed by atoms with Crippen LogP contribution in [0.5, 0.6) is 17.2 Å². The summed E-state index contributed by atoms with van der Waals surface area (Å²) in [5.74, 6) is 0.989. The molecule has 0 aliphatic heterocycles. The summed E-state index contributed by atoms with van der Waals surface area (Å²) in [6.07, 6.45) is 0. The highest BCUT2D eigenvalue weighted by Gasteiger charge is 2.12. The maximum atomic E-state index is 12.8. The van der Waals surface area contributed by atoms with Crippen molar-refractivity contribution in [1.29, 1.82) is 0 Å². The van der Waals surface area contributed by atoms with Crippen LogP contribution in [0.25, 0.3) is 22.0 Å². The summed E-state index contributed by atoms with van der Waals surface area (Å²) in [4.78, 5) is 12.6. The third-order valence-corrected chi connectivity index (χ3v) is 3.94. The van der Waals surface area contributed by atoms with Crippen molar-refractivity contribution < 1.29 is 14.6 Å². The standard InChI is InChI=1S/C18H17NO4/c1-19-15-10-13(23-3)8-9-14(15)17(20)16(18(19)21)11-4-6-12(22-2)7-5-11/h4-10,20H,1-3H3/p-1. The first-order valence-corrected chi connectivity index (χ1v) is 7.09. The van der Waals surface area contributed by atoms with Crippen molar-refractivity contribution in [2.24, 2.45) is 7.05 Å². The molecule has 0 aliphatic rings. The fourth-order valence-electron chi connectivity index (χ4n) is 2.63. The zero-order chi connectivity index (χ0) is 16.6. The minimum absolute atomic E-state index is 0.160. The summed E-state index contributed by atoms with van der Waals surface area (Å²) in [6.45, 7) is 0. The van der Waals surface area contributed by atoms with Crippen LogP contribution in [-0.2, 0) is 7.05 Å². The van der Waals surface area contributed by atoms with Gasteiger partial charge in [-0.05, 0) is 35.2 Å². The normalized spacial score (nSPS) is 10.7. The summed E-state index contributed by atoms with van der Waals surface area (Å²) < 4.78 is 11.7. The largest absolute Gasteiger partial charge is 0.871 e. The van der Waals surface area contributed by atoms with Crippen molar-refractivity contribution in [3.63, 3.8) is 0 Å². The number of nitrogens with zero attached hydrogens (tertiary/aromatic N) is 1. The van der Waals surface area contributed by atoms with E-state index in [2.05, 4.69) is 0 Å². The molecule has 5 nitrogen and oxygen atoms in total. The maximum absolute atomic E-state index is 12.8. The number of aromatic nitrogens is 1. The average molecular weight is 310 g/mol. The van der Waals surface area contributed by atoms with Crippen LogP contribution in [0, 0.1) is 0 Å². The number of fused-ring (bicyclic) bond motifs is 1. The van der Waals surface area contributed by atoms with E-state index in [0.29, 0.717) is 28.0 Å². The Kier molecular flexibility index (Phi) is 3.70. The lowest BCUT2D eigenvalue weighted by atomic mass is 10.0. The number of benzene rings is 2. The Morgan fingerprint density at radius 2 is 1.57 bits per heavy atom. The molecule has 3 aromatic rings. The van der Waals surface area contributed by atoms with Gasteiger partial charge in [-0.1, -0.05) is 17.9 Å². The quantitative estimate of drug-likeness (QED) is 0.744. The molecular formula is C18H16NO4-. The Morgan fingerprint density at radius 3 is 2.17 bits per heavy atom. The van der Waals surface area contributed by atoms with E-state index in [1.165, 1.54) is 4.57 Å². The van der Waals surface area contributed by atoms with Crippen LogP contribution >= 0.6 is 0 Å². The van der Waals surface area contributed by atoms with Gasteiger partial charge in [-0.3, -0.25) is 4.79 Å². The monoisotopic (exact) mass is 310 g/mol. The lowest BCUT2D eigenvalue weighted by Crippen LogP contribution is -2.21. The first-order valence-electron chi connectivity index (χ1n) is 7.09. The van der Waals surface area contributed by atoms with Crippen LogP contribution in [0.1, 0.15) is 0 Å². The van der Waals surface area contributed by atoms with Gasteiger partial charge in [0.15, 0.2) is 0 Å². The van der Waals surface area contributed by atoms with E-state index in [1.54, 1.807) is 63.7 Å². The molecule has 1 heterocycles. The van der Waals surface area contributed by atoms with E-state index < -0.39 is 0 Å². The highest BCUT2D eigenvalue weighted by atomic mass is 16.5. The molecule has 0 unspecified atom stereocenters. The highest BCUT2D eigenvalue weighted by molar-refractivity contribution is 5.92. The molecule has 5 heteroatoms. The highest BCUT2D eigenvalue weighted by Crippen LogP contribution is 2.32. The van der Waals surface area contributed by atoms with Gasteiger partial charge in [0.25, 0.3) is 5.56 Å². The number of hydrogen-bond acceptors (Lipinski definition) is 4. The number of methoxy groups -OCH3 is 2. The van der Waals surface area contributed by atoms with Crippen molar-refractivity contribution in [2.45, 2.75) is 0 Å². The molecule has 23 heavy (non-hydrogen) atoms. The van der Waals surface area contributed by atoms with Crippen LogP contribution in [0.4, 0.5) is 0 Å². The van der Waals surface area contributed by atoms with Gasteiger partial charge in [0.2, 0.25) is 0 Å². The lowest BCUT2D eigenvalue weighted by molar-refractivity contribution is -0.265. The molecule has 0 N–H and O–H groups in total. The van der Waals surface area contributed by atoms with E-state index in [1.807, 2.05) is 0 Å². The van der Waals surface area contributed by atoms with Gasteiger partial charge in [-0.2, -0.15) is 0 Å². The molecule has 0 saturated carbocycles. The zero-order valence-electron chi connectivity index (χ0n) is 13.1. The Labute approximate surface area is 133 Å². The van der Waals surface area contributed by atoms with Crippen molar-refractivity contribution in [1.82, 2.24) is 4.57 Å². The van der Waals surface area contributed by atoms with Crippen molar-refractivity contribution in [3.05, 3.63) is 52.8 Å². The van der Waals surface area contributed by atoms with Gasteiger partial charge in [-0.25, -0.2) is 0 Å². The number of ether oxygens (including phenoxy) is 2. The van der Waals surface area contributed by atoms with Gasteiger partial charge in [0.1, 0.15) is 11.5 Å². The summed E-state index contributed by atoms with van der Waals surface area (Å²) in [7, 11) is 4.76. The Morgan fingerprint density at radius 1 is 0.957 bits per heavy atom. The fourth-order valence-corrected chi connectivity index (χ4v) is 2.63. The second-order valence-electron chi connectivity index (χ2n) is 5.18. The molecule has 118 valence electrons. The Bertz CT molecular complexity index is 926. The summed E-state index contributed by atoms with van der Waals surface area (Å²) in [6, 6.07) is 12.0.